The van der Waals surface area contributed by atoms with Crippen molar-refractivity contribution in [3.05, 3.63) is 17.9 Å². The van der Waals surface area contributed by atoms with Crippen molar-refractivity contribution in [2.75, 3.05) is 59.1 Å². The van der Waals surface area contributed by atoms with Crippen molar-refractivity contribution < 1.29 is 23.5 Å². The third kappa shape index (κ3) is 7.08. The van der Waals surface area contributed by atoms with E-state index in [0.29, 0.717) is 24.7 Å². The number of nitrogens with one attached hydrogen (secondary N) is 1. The Bertz CT molecular complexity index is 934. The molecule has 1 unspecified atom stereocenters. The summed E-state index contributed by atoms with van der Waals surface area (Å²) in [4.78, 5) is 30.7. The van der Waals surface area contributed by atoms with E-state index in [2.05, 4.69) is 25.6 Å². The Kier molecular flexibility index (Phi) is 8.61. The molecule has 4 rings (SSSR count). The second-order valence-corrected chi connectivity index (χ2v) is 8.62. The zero-order valence-corrected chi connectivity index (χ0v) is 19.6. The third-order valence-electron chi connectivity index (χ3n) is 5.93. The maximum absolute atomic E-state index is 13.1. The third-order valence-corrected chi connectivity index (χ3v) is 5.93. The average molecular weight is 476 g/mol. The van der Waals surface area contributed by atoms with Crippen LogP contribution in [0.15, 0.2) is 16.5 Å². The van der Waals surface area contributed by atoms with E-state index in [1.165, 1.54) is 4.80 Å². The van der Waals surface area contributed by atoms with Gasteiger partial charge < -0.3 is 24.1 Å². The number of morpholine rings is 1. The van der Waals surface area contributed by atoms with Gasteiger partial charge in [-0.2, -0.15) is 4.80 Å². The lowest BCUT2D eigenvalue weighted by atomic mass is 10.2. The Balaban J connectivity index is 1.32. The number of nitrogens with zero attached hydrogens (tertiary/aromatic N) is 6. The summed E-state index contributed by atoms with van der Waals surface area (Å²) in [5.41, 5.74) is 0. The first-order chi connectivity index (χ1) is 16.6. The Morgan fingerprint density at radius 1 is 1.24 bits per heavy atom. The van der Waals surface area contributed by atoms with Gasteiger partial charge in [-0.25, -0.2) is 0 Å². The largest absolute Gasteiger partial charge is 0.458 e. The molecule has 34 heavy (non-hydrogen) atoms. The van der Waals surface area contributed by atoms with Crippen LogP contribution in [0.3, 0.4) is 0 Å². The molecule has 4 heterocycles. The second-order valence-electron chi connectivity index (χ2n) is 8.62. The number of rotatable bonds is 11. The maximum Gasteiger partial charge on any atom is 0.246 e. The van der Waals surface area contributed by atoms with Gasteiger partial charge in [0.25, 0.3) is 0 Å². The van der Waals surface area contributed by atoms with E-state index in [-0.39, 0.29) is 31.0 Å². The summed E-state index contributed by atoms with van der Waals surface area (Å²) in [6.45, 7) is 7.42. The molecule has 0 spiro atoms. The fourth-order valence-electron chi connectivity index (χ4n) is 4.05. The number of furan rings is 1. The number of aromatic nitrogens is 4. The van der Waals surface area contributed by atoms with Crippen LogP contribution in [0.5, 0.6) is 0 Å². The van der Waals surface area contributed by atoms with Crippen LogP contribution in [0.25, 0.3) is 11.6 Å². The van der Waals surface area contributed by atoms with E-state index in [0.717, 1.165) is 64.5 Å². The van der Waals surface area contributed by atoms with Crippen LogP contribution in [-0.2, 0) is 25.6 Å². The first-order valence-electron chi connectivity index (χ1n) is 11.9. The van der Waals surface area contributed by atoms with E-state index in [1.54, 1.807) is 11.0 Å². The van der Waals surface area contributed by atoms with Crippen LogP contribution < -0.4 is 5.32 Å². The summed E-state index contributed by atoms with van der Waals surface area (Å²) in [5.74, 6) is 1.10. The van der Waals surface area contributed by atoms with Gasteiger partial charge >= 0.3 is 0 Å². The second kappa shape index (κ2) is 12.0. The molecule has 2 aromatic rings. The molecular formula is C22H33N7O5. The van der Waals surface area contributed by atoms with E-state index < -0.39 is 0 Å². The van der Waals surface area contributed by atoms with Crippen molar-refractivity contribution in [3.8, 4) is 11.6 Å². The van der Waals surface area contributed by atoms with Crippen LogP contribution in [0.2, 0.25) is 0 Å². The van der Waals surface area contributed by atoms with Crippen LogP contribution in [0, 0.1) is 6.92 Å². The van der Waals surface area contributed by atoms with Crippen LogP contribution in [0.4, 0.5) is 0 Å². The van der Waals surface area contributed by atoms with E-state index in [9.17, 15) is 9.59 Å². The first-order valence-corrected chi connectivity index (χ1v) is 11.9. The Morgan fingerprint density at radius 2 is 2.09 bits per heavy atom. The smallest absolute Gasteiger partial charge is 0.246 e. The summed E-state index contributed by atoms with van der Waals surface area (Å²) in [7, 11) is 0. The van der Waals surface area contributed by atoms with E-state index in [4.69, 9.17) is 13.9 Å². The van der Waals surface area contributed by atoms with Gasteiger partial charge in [-0.3, -0.25) is 14.5 Å². The fourth-order valence-corrected chi connectivity index (χ4v) is 4.05. The lowest BCUT2D eigenvalue weighted by molar-refractivity contribution is -0.137. The highest BCUT2D eigenvalue weighted by Crippen LogP contribution is 2.16. The Morgan fingerprint density at radius 3 is 2.82 bits per heavy atom. The maximum atomic E-state index is 13.1. The molecule has 12 nitrogen and oxygen atoms in total. The first kappa shape index (κ1) is 24.3. The molecule has 0 bridgehead atoms. The van der Waals surface area contributed by atoms with Crippen LogP contribution in [-0.4, -0.2) is 107 Å². The lowest BCUT2D eigenvalue weighted by Gasteiger charge is -2.28. The van der Waals surface area contributed by atoms with Gasteiger partial charge in [0.15, 0.2) is 5.76 Å². The molecule has 0 saturated carbocycles. The predicted molar refractivity (Wildman–Crippen MR) is 121 cm³/mol. The van der Waals surface area contributed by atoms with Crippen molar-refractivity contribution in [2.24, 2.45) is 0 Å². The molecular weight excluding hydrogens is 442 g/mol. The highest BCUT2D eigenvalue weighted by molar-refractivity contribution is 5.84. The number of hydrogen-bond acceptors (Lipinski definition) is 9. The van der Waals surface area contributed by atoms with Crippen molar-refractivity contribution in [2.45, 2.75) is 38.8 Å². The molecule has 2 saturated heterocycles. The Hall–Kier alpha value is -2.83. The SMILES string of the molecule is Cc1ccc(-c2nnn(CC(=O)N(CCCN3CCOCC3)CC(=O)NCC3CCCO3)n2)o1. The number of carbonyl (C=O) groups is 2. The molecule has 2 amide bonds. The van der Waals surface area contributed by atoms with Gasteiger partial charge in [0, 0.05) is 39.3 Å². The fraction of sp³-hybridized carbons (Fsp3) is 0.682. The summed E-state index contributed by atoms with van der Waals surface area (Å²) in [6, 6.07) is 3.57. The number of aryl methyl sites for hydroxylation is 1. The molecule has 0 radical (unpaired) electrons. The lowest BCUT2D eigenvalue weighted by Crippen LogP contribution is -2.45. The standard InChI is InChI=1S/C22H33N7O5/c1-17-5-6-19(34-17)22-24-26-29(25-22)16-21(31)28(8-3-7-27-9-12-32-13-10-27)15-20(30)23-14-18-4-2-11-33-18/h5-6,18H,2-4,7-16H2,1H3,(H,23,30). The zero-order valence-electron chi connectivity index (χ0n) is 19.6. The molecule has 186 valence electrons. The highest BCUT2D eigenvalue weighted by Gasteiger charge is 2.22. The van der Waals surface area contributed by atoms with Gasteiger partial charge in [-0.1, -0.05) is 0 Å². The topological polar surface area (TPSA) is 128 Å². The van der Waals surface area contributed by atoms with Gasteiger partial charge in [-0.15, -0.1) is 10.2 Å². The molecule has 1 atom stereocenters. The van der Waals surface area contributed by atoms with Gasteiger partial charge in [0.05, 0.1) is 25.9 Å². The Labute approximate surface area is 198 Å². The predicted octanol–water partition coefficient (Wildman–Crippen LogP) is 0.0876. The number of tetrazole rings is 1. The number of ether oxygens (including phenoxy) is 2. The quantitative estimate of drug-likeness (QED) is 0.481. The van der Waals surface area contributed by atoms with Crippen molar-refractivity contribution in [3.63, 3.8) is 0 Å². The van der Waals surface area contributed by atoms with Crippen LogP contribution in [0.1, 0.15) is 25.0 Å². The van der Waals surface area contributed by atoms with Gasteiger partial charge in [-0.05, 0) is 43.5 Å². The highest BCUT2D eigenvalue weighted by atomic mass is 16.5. The van der Waals surface area contributed by atoms with Crippen molar-refractivity contribution in [1.29, 1.82) is 0 Å². The minimum absolute atomic E-state index is 0.0202. The molecule has 0 aliphatic carbocycles. The molecule has 1 N–H and O–H groups in total. The molecule has 2 aliphatic rings. The van der Waals surface area contributed by atoms with E-state index >= 15 is 0 Å². The molecule has 2 aromatic heterocycles. The van der Waals surface area contributed by atoms with E-state index in [1.807, 2.05) is 13.0 Å². The van der Waals surface area contributed by atoms with Crippen molar-refractivity contribution in [1.82, 2.24) is 35.3 Å². The number of carbonyl (C=O) groups excluding carboxylic acids is 2. The molecule has 12 heteroatoms. The number of hydrogen-bond donors (Lipinski definition) is 1. The van der Waals surface area contributed by atoms with Crippen LogP contribution >= 0.6 is 0 Å². The average Bonchev–Trinajstić information content (AvgIpc) is 3.60. The minimum Gasteiger partial charge on any atom is -0.458 e. The minimum atomic E-state index is -0.242. The molecule has 2 fully saturated rings. The van der Waals surface area contributed by atoms with Gasteiger partial charge in [0.1, 0.15) is 12.3 Å². The number of amides is 2. The summed E-state index contributed by atoms with van der Waals surface area (Å²) >= 11 is 0. The zero-order chi connectivity index (χ0) is 23.8. The monoisotopic (exact) mass is 475 g/mol. The summed E-state index contributed by atoms with van der Waals surface area (Å²) < 4.78 is 16.5. The normalized spacial score (nSPS) is 18.8. The summed E-state index contributed by atoms with van der Waals surface area (Å²) in [5, 5.41) is 15.1. The molecule has 2 aliphatic heterocycles. The van der Waals surface area contributed by atoms with Gasteiger partial charge in [0.2, 0.25) is 17.6 Å². The van der Waals surface area contributed by atoms with Crippen molar-refractivity contribution >= 4 is 11.8 Å². The molecule has 0 aromatic carbocycles. The summed E-state index contributed by atoms with van der Waals surface area (Å²) in [6.07, 6.45) is 2.76.